The Morgan fingerprint density at radius 1 is 1.09 bits per heavy atom. The van der Waals surface area contributed by atoms with Gasteiger partial charge in [-0.05, 0) is 24.9 Å². The minimum absolute atomic E-state index is 0.0222. The molecule has 5 heteroatoms. The molecule has 1 atom stereocenters. The van der Waals surface area contributed by atoms with E-state index >= 15 is 0 Å². The molecule has 0 aliphatic carbocycles. The number of hydrogen-bond donors (Lipinski definition) is 2. The van der Waals surface area contributed by atoms with Gasteiger partial charge >= 0.3 is 0 Å². The van der Waals surface area contributed by atoms with Crippen LogP contribution in [0.5, 0.6) is 0 Å². The largest absolute Gasteiger partial charge is 0.355 e. The van der Waals surface area contributed by atoms with Crippen molar-refractivity contribution in [3.05, 3.63) is 35.9 Å². The second-order valence-corrected chi connectivity index (χ2v) is 6.22. The molecule has 0 radical (unpaired) electrons. The molecule has 0 aliphatic rings. The van der Waals surface area contributed by atoms with Crippen LogP contribution in [-0.4, -0.2) is 43.4 Å². The smallest absolute Gasteiger partial charge is 0.234 e. The molecular weight excluding hydrogens is 290 g/mol. The Bertz CT molecular complexity index is 488. The van der Waals surface area contributed by atoms with Crippen LogP contribution in [0, 0.1) is 5.92 Å². The van der Waals surface area contributed by atoms with Crippen LogP contribution in [0.1, 0.15) is 38.8 Å². The standard InChI is InChI=1S/C18H29N3O2/c1-5-11-19-16(22)12-21(4)13-17(23)20-18(14(2)3)15-9-7-6-8-10-15/h6-10,14,18H,5,11-13H2,1-4H3,(H,19,22)(H,20,23). The zero-order valence-electron chi connectivity index (χ0n) is 14.6. The summed E-state index contributed by atoms with van der Waals surface area (Å²) in [6.07, 6.45) is 0.906. The number of benzene rings is 1. The van der Waals surface area contributed by atoms with E-state index < -0.39 is 0 Å². The van der Waals surface area contributed by atoms with Gasteiger partial charge in [0.2, 0.25) is 11.8 Å². The van der Waals surface area contributed by atoms with Crippen molar-refractivity contribution < 1.29 is 9.59 Å². The van der Waals surface area contributed by atoms with Crippen LogP contribution in [0.15, 0.2) is 30.3 Å². The van der Waals surface area contributed by atoms with Crippen LogP contribution in [0.4, 0.5) is 0 Å². The van der Waals surface area contributed by atoms with Crippen LogP contribution in [0.2, 0.25) is 0 Å². The van der Waals surface area contributed by atoms with Crippen LogP contribution in [0.25, 0.3) is 0 Å². The number of amides is 2. The first kappa shape index (κ1) is 19.2. The van der Waals surface area contributed by atoms with Crippen LogP contribution >= 0.6 is 0 Å². The maximum absolute atomic E-state index is 12.3. The topological polar surface area (TPSA) is 61.4 Å². The molecule has 0 saturated carbocycles. The van der Waals surface area contributed by atoms with Gasteiger partial charge in [0.1, 0.15) is 0 Å². The first-order valence-corrected chi connectivity index (χ1v) is 8.23. The van der Waals surface area contributed by atoms with Gasteiger partial charge in [-0.1, -0.05) is 51.1 Å². The molecule has 5 nitrogen and oxygen atoms in total. The van der Waals surface area contributed by atoms with Crippen molar-refractivity contribution >= 4 is 11.8 Å². The number of hydrogen-bond acceptors (Lipinski definition) is 3. The van der Waals surface area contributed by atoms with Gasteiger partial charge in [0.25, 0.3) is 0 Å². The second-order valence-electron chi connectivity index (χ2n) is 6.22. The minimum Gasteiger partial charge on any atom is -0.355 e. The Morgan fingerprint density at radius 2 is 1.70 bits per heavy atom. The van der Waals surface area contributed by atoms with E-state index in [-0.39, 0.29) is 30.9 Å². The number of nitrogens with zero attached hydrogens (tertiary/aromatic N) is 1. The fraction of sp³-hybridized carbons (Fsp3) is 0.556. The molecule has 1 aromatic rings. The molecule has 2 N–H and O–H groups in total. The van der Waals surface area contributed by atoms with Gasteiger partial charge in [-0.2, -0.15) is 0 Å². The van der Waals surface area contributed by atoms with E-state index in [1.165, 1.54) is 0 Å². The highest BCUT2D eigenvalue weighted by Gasteiger charge is 2.19. The van der Waals surface area contributed by atoms with Gasteiger partial charge in [-0.3, -0.25) is 14.5 Å². The fourth-order valence-electron chi connectivity index (χ4n) is 2.38. The van der Waals surface area contributed by atoms with Crippen molar-refractivity contribution in [2.24, 2.45) is 5.92 Å². The quantitative estimate of drug-likeness (QED) is 0.731. The average Bonchev–Trinajstić information content (AvgIpc) is 2.51. The molecule has 1 unspecified atom stereocenters. The van der Waals surface area contributed by atoms with Crippen LogP contribution < -0.4 is 10.6 Å². The summed E-state index contributed by atoms with van der Waals surface area (Å²) in [6, 6.07) is 9.93. The summed E-state index contributed by atoms with van der Waals surface area (Å²) < 4.78 is 0. The van der Waals surface area contributed by atoms with E-state index in [1.807, 2.05) is 37.3 Å². The molecule has 0 bridgehead atoms. The predicted octanol–water partition coefficient (Wildman–Crippen LogP) is 1.96. The van der Waals surface area contributed by atoms with Crippen molar-refractivity contribution in [2.75, 3.05) is 26.7 Å². The van der Waals surface area contributed by atoms with Crippen molar-refractivity contribution in [1.29, 1.82) is 0 Å². The summed E-state index contributed by atoms with van der Waals surface area (Å²) in [5, 5.41) is 5.88. The third-order valence-electron chi connectivity index (χ3n) is 3.54. The normalized spacial score (nSPS) is 12.3. The van der Waals surface area contributed by atoms with Crippen molar-refractivity contribution in [3.63, 3.8) is 0 Å². The number of carbonyl (C=O) groups excluding carboxylic acids is 2. The average molecular weight is 319 g/mol. The van der Waals surface area contributed by atoms with Gasteiger partial charge in [0.15, 0.2) is 0 Å². The molecule has 2 amide bonds. The fourth-order valence-corrected chi connectivity index (χ4v) is 2.38. The molecule has 0 aliphatic heterocycles. The third-order valence-corrected chi connectivity index (χ3v) is 3.54. The lowest BCUT2D eigenvalue weighted by molar-refractivity contribution is -0.125. The number of nitrogens with one attached hydrogen (secondary N) is 2. The van der Waals surface area contributed by atoms with E-state index in [0.717, 1.165) is 12.0 Å². The lowest BCUT2D eigenvalue weighted by Crippen LogP contribution is -2.42. The van der Waals surface area contributed by atoms with Crippen LogP contribution in [-0.2, 0) is 9.59 Å². The molecule has 1 rings (SSSR count). The van der Waals surface area contributed by atoms with Gasteiger partial charge in [-0.15, -0.1) is 0 Å². The Labute approximate surface area is 139 Å². The van der Waals surface area contributed by atoms with E-state index in [2.05, 4.69) is 24.5 Å². The molecule has 128 valence electrons. The van der Waals surface area contributed by atoms with E-state index in [4.69, 9.17) is 0 Å². The summed E-state index contributed by atoms with van der Waals surface area (Å²) in [7, 11) is 1.78. The summed E-state index contributed by atoms with van der Waals surface area (Å²) in [6.45, 7) is 7.27. The Balaban J connectivity index is 2.51. The number of likely N-dealkylation sites (N-methyl/N-ethyl adjacent to an activating group) is 1. The third kappa shape index (κ3) is 7.28. The molecule has 23 heavy (non-hydrogen) atoms. The van der Waals surface area contributed by atoms with Gasteiger partial charge in [-0.25, -0.2) is 0 Å². The maximum Gasteiger partial charge on any atom is 0.234 e. The highest BCUT2D eigenvalue weighted by Crippen LogP contribution is 2.21. The Hall–Kier alpha value is -1.88. The van der Waals surface area contributed by atoms with Gasteiger partial charge in [0.05, 0.1) is 19.1 Å². The van der Waals surface area contributed by atoms with Gasteiger partial charge < -0.3 is 10.6 Å². The van der Waals surface area contributed by atoms with Crippen molar-refractivity contribution in [2.45, 2.75) is 33.2 Å². The SMILES string of the molecule is CCCNC(=O)CN(C)CC(=O)NC(c1ccccc1)C(C)C. The molecule has 0 spiro atoms. The molecular formula is C18H29N3O2. The first-order valence-electron chi connectivity index (χ1n) is 8.23. The first-order chi connectivity index (χ1) is 10.9. The van der Waals surface area contributed by atoms with Gasteiger partial charge in [0, 0.05) is 6.54 Å². The lowest BCUT2D eigenvalue weighted by Gasteiger charge is -2.24. The number of carbonyl (C=O) groups is 2. The van der Waals surface area contributed by atoms with E-state index in [1.54, 1.807) is 11.9 Å². The molecule has 1 aromatic carbocycles. The summed E-state index contributed by atoms with van der Waals surface area (Å²) >= 11 is 0. The van der Waals surface area contributed by atoms with Crippen molar-refractivity contribution in [3.8, 4) is 0 Å². The van der Waals surface area contributed by atoms with Crippen LogP contribution in [0.3, 0.4) is 0 Å². The van der Waals surface area contributed by atoms with Crippen molar-refractivity contribution in [1.82, 2.24) is 15.5 Å². The zero-order valence-corrected chi connectivity index (χ0v) is 14.6. The van der Waals surface area contributed by atoms with E-state index in [0.29, 0.717) is 12.5 Å². The van der Waals surface area contributed by atoms with E-state index in [9.17, 15) is 9.59 Å². The predicted molar refractivity (Wildman–Crippen MR) is 93.0 cm³/mol. The Morgan fingerprint density at radius 3 is 2.26 bits per heavy atom. The Kier molecular flexibility index (Phi) is 8.33. The monoisotopic (exact) mass is 319 g/mol. The maximum atomic E-state index is 12.3. The highest BCUT2D eigenvalue weighted by atomic mass is 16.2. The minimum atomic E-state index is -0.0710. The zero-order chi connectivity index (χ0) is 17.2. The second kappa shape index (κ2) is 10.0. The number of rotatable bonds is 9. The summed E-state index contributed by atoms with van der Waals surface area (Å²) in [5.41, 5.74) is 1.10. The molecule has 0 heterocycles. The summed E-state index contributed by atoms with van der Waals surface area (Å²) in [5.74, 6) is 0.170. The highest BCUT2D eigenvalue weighted by molar-refractivity contribution is 5.81. The molecule has 0 saturated heterocycles. The molecule has 0 fully saturated rings. The lowest BCUT2D eigenvalue weighted by atomic mass is 9.96. The molecule has 0 aromatic heterocycles. The summed E-state index contributed by atoms with van der Waals surface area (Å²) in [4.78, 5) is 25.6.